The van der Waals surface area contributed by atoms with Crippen LogP contribution in [0.5, 0.6) is 5.75 Å². The zero-order valence-corrected chi connectivity index (χ0v) is 13.5. The average molecular weight is 332 g/mol. The van der Waals surface area contributed by atoms with E-state index in [1.807, 2.05) is 0 Å². The van der Waals surface area contributed by atoms with Crippen molar-refractivity contribution >= 4 is 10.0 Å². The third-order valence-corrected chi connectivity index (χ3v) is 5.19. The van der Waals surface area contributed by atoms with Gasteiger partial charge in [0.15, 0.2) is 11.6 Å². The lowest BCUT2D eigenvalue weighted by Gasteiger charge is -2.28. The minimum Gasteiger partial charge on any atom is -0.494 e. The Morgan fingerprint density at radius 3 is 2.73 bits per heavy atom. The Kier molecular flexibility index (Phi) is 5.38. The van der Waals surface area contributed by atoms with E-state index >= 15 is 0 Å². The maximum atomic E-state index is 13.7. The highest BCUT2D eigenvalue weighted by Gasteiger charge is 2.34. The number of halogens is 1. The van der Waals surface area contributed by atoms with E-state index < -0.39 is 21.4 Å². The average Bonchev–Trinajstić information content (AvgIpc) is 2.95. The van der Waals surface area contributed by atoms with Crippen molar-refractivity contribution in [1.29, 1.82) is 0 Å². The van der Waals surface area contributed by atoms with E-state index in [9.17, 15) is 12.8 Å². The molecule has 0 radical (unpaired) electrons. The number of nitrogens with one attached hydrogen (secondary N) is 2. The largest absolute Gasteiger partial charge is 0.494 e. The second-order valence-corrected chi connectivity index (χ2v) is 7.13. The molecule has 1 aromatic rings. The lowest BCUT2D eigenvalue weighted by molar-refractivity contribution is 0.122. The van der Waals surface area contributed by atoms with Gasteiger partial charge in [-0.3, -0.25) is 0 Å². The van der Waals surface area contributed by atoms with Crippen LogP contribution in [-0.2, 0) is 14.8 Å². The summed E-state index contributed by atoms with van der Waals surface area (Å²) in [5, 5.41) is 3.28. The van der Waals surface area contributed by atoms with E-state index in [0.29, 0.717) is 6.61 Å². The first kappa shape index (κ1) is 17.1. The molecule has 0 amide bonds. The summed E-state index contributed by atoms with van der Waals surface area (Å²) in [5.41, 5.74) is -0.410. The molecule has 0 spiro atoms. The van der Waals surface area contributed by atoms with E-state index in [0.717, 1.165) is 25.5 Å². The predicted molar refractivity (Wildman–Crippen MR) is 80.0 cm³/mol. The van der Waals surface area contributed by atoms with E-state index in [-0.39, 0.29) is 17.2 Å². The van der Waals surface area contributed by atoms with Crippen LogP contribution in [-0.4, -0.2) is 47.9 Å². The van der Waals surface area contributed by atoms with Gasteiger partial charge in [-0.2, -0.15) is 0 Å². The quantitative estimate of drug-likeness (QED) is 0.775. The molecule has 6 nitrogen and oxygen atoms in total. The van der Waals surface area contributed by atoms with Gasteiger partial charge in [0.25, 0.3) is 0 Å². The number of sulfonamides is 1. The van der Waals surface area contributed by atoms with Gasteiger partial charge in [0, 0.05) is 13.7 Å². The number of benzene rings is 1. The standard InChI is InChI=1S/C14H21FN2O4S/c1-20-10-14(6-3-7-16-14)9-17-22(18,19)11-4-5-13(21-2)12(15)8-11/h4-5,8,16-17H,3,6-7,9-10H2,1-2H3. The Morgan fingerprint density at radius 1 is 1.41 bits per heavy atom. The molecule has 0 bridgehead atoms. The van der Waals surface area contributed by atoms with Crippen LogP contribution in [0.25, 0.3) is 0 Å². The SMILES string of the molecule is COCC1(CNS(=O)(=O)c2ccc(OC)c(F)c2)CCCN1. The van der Waals surface area contributed by atoms with E-state index in [1.165, 1.54) is 19.2 Å². The summed E-state index contributed by atoms with van der Waals surface area (Å²) < 4.78 is 50.8. The fraction of sp³-hybridized carbons (Fsp3) is 0.571. The summed E-state index contributed by atoms with van der Waals surface area (Å²) in [7, 11) is -0.890. The molecule has 0 aromatic heterocycles. The second-order valence-electron chi connectivity index (χ2n) is 5.36. The van der Waals surface area contributed by atoms with Crippen molar-refractivity contribution in [3.8, 4) is 5.75 Å². The van der Waals surface area contributed by atoms with Crippen molar-refractivity contribution in [1.82, 2.24) is 10.0 Å². The third-order valence-electron chi connectivity index (χ3n) is 3.79. The summed E-state index contributed by atoms with van der Waals surface area (Å²) >= 11 is 0. The van der Waals surface area contributed by atoms with Crippen molar-refractivity contribution in [3.63, 3.8) is 0 Å². The molecule has 1 unspecified atom stereocenters. The van der Waals surface area contributed by atoms with Gasteiger partial charge in [0.05, 0.1) is 24.2 Å². The highest BCUT2D eigenvalue weighted by molar-refractivity contribution is 7.89. The van der Waals surface area contributed by atoms with Gasteiger partial charge in [0.2, 0.25) is 10.0 Å². The summed E-state index contributed by atoms with van der Waals surface area (Å²) in [6, 6.07) is 3.56. The van der Waals surface area contributed by atoms with Crippen molar-refractivity contribution < 1.29 is 22.3 Å². The molecule has 22 heavy (non-hydrogen) atoms. The fourth-order valence-corrected chi connectivity index (χ4v) is 3.74. The molecule has 0 aliphatic carbocycles. The molecule has 2 rings (SSSR count). The number of rotatable bonds is 7. The minimum absolute atomic E-state index is 0.00672. The first-order valence-corrected chi connectivity index (χ1v) is 8.48. The van der Waals surface area contributed by atoms with Gasteiger partial charge in [-0.25, -0.2) is 17.5 Å². The zero-order valence-electron chi connectivity index (χ0n) is 12.7. The molecule has 1 saturated heterocycles. The molecule has 1 heterocycles. The third kappa shape index (κ3) is 3.75. The second kappa shape index (κ2) is 6.91. The molecular formula is C14H21FN2O4S. The molecule has 1 aliphatic rings. The van der Waals surface area contributed by atoms with Crippen LogP contribution >= 0.6 is 0 Å². The van der Waals surface area contributed by atoms with Crippen molar-refractivity contribution in [2.75, 3.05) is 33.9 Å². The van der Waals surface area contributed by atoms with Crippen LogP contribution in [0.15, 0.2) is 23.1 Å². The highest BCUT2D eigenvalue weighted by atomic mass is 32.2. The Bertz CT molecular complexity index is 615. The summed E-state index contributed by atoms with van der Waals surface area (Å²) in [4.78, 5) is -0.128. The fourth-order valence-electron chi connectivity index (χ4n) is 2.60. The van der Waals surface area contributed by atoms with Gasteiger partial charge >= 0.3 is 0 Å². The van der Waals surface area contributed by atoms with Crippen LogP contribution < -0.4 is 14.8 Å². The summed E-state index contributed by atoms with van der Waals surface area (Å²) in [6.07, 6.45) is 1.78. The highest BCUT2D eigenvalue weighted by Crippen LogP contribution is 2.22. The van der Waals surface area contributed by atoms with Gasteiger partial charge < -0.3 is 14.8 Å². The number of hydrogen-bond acceptors (Lipinski definition) is 5. The van der Waals surface area contributed by atoms with Crippen LogP contribution in [0.2, 0.25) is 0 Å². The molecule has 124 valence electrons. The van der Waals surface area contributed by atoms with E-state index in [1.54, 1.807) is 7.11 Å². The predicted octanol–water partition coefficient (Wildman–Crippen LogP) is 0.881. The van der Waals surface area contributed by atoms with Crippen molar-refractivity contribution in [2.45, 2.75) is 23.3 Å². The van der Waals surface area contributed by atoms with Crippen LogP contribution in [0, 0.1) is 5.82 Å². The number of ether oxygens (including phenoxy) is 2. The molecule has 1 fully saturated rings. The van der Waals surface area contributed by atoms with E-state index in [4.69, 9.17) is 9.47 Å². The minimum atomic E-state index is -3.79. The van der Waals surface area contributed by atoms with Crippen molar-refractivity contribution in [2.24, 2.45) is 0 Å². The Hall–Kier alpha value is -1.22. The van der Waals surface area contributed by atoms with Gasteiger partial charge in [-0.1, -0.05) is 0 Å². The number of hydrogen-bond donors (Lipinski definition) is 2. The monoisotopic (exact) mass is 332 g/mol. The topological polar surface area (TPSA) is 76.7 Å². The lowest BCUT2D eigenvalue weighted by Crippen LogP contribution is -2.52. The van der Waals surface area contributed by atoms with Gasteiger partial charge in [-0.05, 0) is 37.6 Å². The lowest BCUT2D eigenvalue weighted by atomic mass is 9.99. The molecule has 8 heteroatoms. The molecule has 0 saturated carbocycles. The molecule has 1 aliphatic heterocycles. The van der Waals surface area contributed by atoms with Crippen LogP contribution in [0.1, 0.15) is 12.8 Å². The Morgan fingerprint density at radius 2 is 2.18 bits per heavy atom. The first-order valence-electron chi connectivity index (χ1n) is 7.00. The summed E-state index contributed by atoms with van der Waals surface area (Å²) in [5.74, 6) is -0.705. The van der Waals surface area contributed by atoms with Crippen LogP contribution in [0.4, 0.5) is 4.39 Å². The molecular weight excluding hydrogens is 311 g/mol. The normalized spacial score (nSPS) is 22.0. The maximum absolute atomic E-state index is 13.7. The Labute approximate surface area is 130 Å². The smallest absolute Gasteiger partial charge is 0.240 e. The van der Waals surface area contributed by atoms with Crippen LogP contribution in [0.3, 0.4) is 0 Å². The van der Waals surface area contributed by atoms with Gasteiger partial charge in [0.1, 0.15) is 0 Å². The molecule has 2 N–H and O–H groups in total. The molecule has 1 atom stereocenters. The van der Waals surface area contributed by atoms with E-state index in [2.05, 4.69) is 10.0 Å². The maximum Gasteiger partial charge on any atom is 0.240 e. The Balaban J connectivity index is 2.12. The summed E-state index contributed by atoms with van der Waals surface area (Å²) in [6.45, 7) is 1.42. The molecule has 1 aromatic carbocycles. The zero-order chi connectivity index (χ0) is 16.2. The van der Waals surface area contributed by atoms with Crippen molar-refractivity contribution in [3.05, 3.63) is 24.0 Å². The van der Waals surface area contributed by atoms with Gasteiger partial charge in [-0.15, -0.1) is 0 Å². The first-order chi connectivity index (χ1) is 10.4. The number of methoxy groups -OCH3 is 2.